The summed E-state index contributed by atoms with van der Waals surface area (Å²) in [4.78, 5) is 13.9. The van der Waals surface area contributed by atoms with Crippen LogP contribution in [0.5, 0.6) is 0 Å². The molecule has 11 nitrogen and oxygen atoms in total. The number of hydrogen-bond donors (Lipinski definition) is 8. The predicted octanol–water partition coefficient (Wildman–Crippen LogP) is 0.563. The summed E-state index contributed by atoms with van der Waals surface area (Å²) in [5.41, 5.74) is -2.56. The Bertz CT molecular complexity index is 1100. The van der Waals surface area contributed by atoms with E-state index in [9.17, 15) is 45.6 Å². The average Bonchev–Trinajstić information content (AvgIpc) is 3.23. The Labute approximate surface area is 259 Å². The smallest absolute Gasteiger partial charge is 0.187 e. The standard InChI is InChI=1S/C33H54O11/c1-16(21(35)8-9-30(2,3)41)17-7-11-33(42)19-12-22(36)20-13-24(43-29-28(40)27(39)26(38)25(15-34)44-29)23(37)14-31(20,4)18(19)6-10-32(17,33)5/h12,16-18,20-21,23-29,34-35,37-42H,6-11,13-15H2,1-5H3/t16-,17+,18-,20-,21+,23-,24+,25+,26+,27-,28+,29+,31+,32+,33+/m0/s1. The van der Waals surface area contributed by atoms with Crippen LogP contribution in [-0.2, 0) is 14.3 Å². The van der Waals surface area contributed by atoms with Gasteiger partial charge in [-0.25, -0.2) is 0 Å². The van der Waals surface area contributed by atoms with E-state index in [0.29, 0.717) is 32.1 Å². The van der Waals surface area contributed by atoms with Crippen LogP contribution < -0.4 is 0 Å². The largest absolute Gasteiger partial charge is 0.394 e. The van der Waals surface area contributed by atoms with Gasteiger partial charge in [0.25, 0.3) is 0 Å². The van der Waals surface area contributed by atoms with Crippen LogP contribution in [-0.4, -0.2) is 113 Å². The van der Waals surface area contributed by atoms with Crippen molar-refractivity contribution < 1.29 is 55.1 Å². The summed E-state index contributed by atoms with van der Waals surface area (Å²) in [6.07, 6.45) is -4.33. The molecule has 0 bridgehead atoms. The number of hydrogen-bond acceptors (Lipinski definition) is 11. The van der Waals surface area contributed by atoms with Gasteiger partial charge >= 0.3 is 0 Å². The van der Waals surface area contributed by atoms with E-state index in [1.807, 2.05) is 13.8 Å². The third kappa shape index (κ3) is 5.52. The van der Waals surface area contributed by atoms with Crippen molar-refractivity contribution in [2.24, 2.45) is 34.5 Å². The maximum atomic E-state index is 13.9. The molecule has 4 fully saturated rings. The zero-order valence-electron chi connectivity index (χ0n) is 26.7. The van der Waals surface area contributed by atoms with Gasteiger partial charge in [-0.2, -0.15) is 0 Å². The van der Waals surface area contributed by atoms with Crippen LogP contribution in [0.25, 0.3) is 0 Å². The Morgan fingerprint density at radius 1 is 1.07 bits per heavy atom. The molecular formula is C33H54O11. The SMILES string of the molecule is C[C@H]([C@H](O)CCC(C)(C)O)[C@H]1CC[C@@]2(O)C3=CC(=O)[C@@H]4C[C@@H](O[C@@H]5O[C@H](CO)[C@@H](O)[C@H](O)[C@H]5O)[C@@H](O)C[C@]4(C)[C@H]3CC[C@]12C. The molecule has 3 saturated carbocycles. The molecule has 8 N–H and O–H groups in total. The first-order chi connectivity index (χ1) is 20.4. The number of carbonyl (C=O) groups is 1. The molecule has 1 aliphatic heterocycles. The molecule has 252 valence electrons. The van der Waals surface area contributed by atoms with E-state index in [1.165, 1.54) is 0 Å². The first-order valence-corrected chi connectivity index (χ1v) is 16.4. The average molecular weight is 627 g/mol. The second-order valence-electron chi connectivity index (χ2n) is 15.7. The number of aliphatic hydroxyl groups is 8. The normalized spacial score (nSPS) is 49.0. The number of allylic oxidation sites excluding steroid dienone is 1. The van der Waals surface area contributed by atoms with Gasteiger partial charge in [0.05, 0.1) is 36.1 Å². The van der Waals surface area contributed by atoms with Crippen molar-refractivity contribution in [2.75, 3.05) is 6.61 Å². The van der Waals surface area contributed by atoms with E-state index in [0.717, 1.165) is 12.0 Å². The van der Waals surface area contributed by atoms with Crippen molar-refractivity contribution in [3.05, 3.63) is 11.6 Å². The number of ketones is 1. The fourth-order valence-electron chi connectivity index (χ4n) is 9.77. The van der Waals surface area contributed by atoms with Crippen molar-refractivity contribution in [1.82, 2.24) is 0 Å². The first kappa shape index (κ1) is 34.3. The minimum absolute atomic E-state index is 0.0278. The number of carbonyl (C=O) groups excluding carboxylic acids is 1. The molecule has 11 heteroatoms. The third-order valence-electron chi connectivity index (χ3n) is 12.6. The lowest BCUT2D eigenvalue weighted by atomic mass is 9.45. The molecule has 1 heterocycles. The molecule has 0 spiro atoms. The van der Waals surface area contributed by atoms with Crippen LogP contribution in [0.4, 0.5) is 0 Å². The zero-order valence-corrected chi connectivity index (χ0v) is 26.7. The molecule has 5 aliphatic rings. The maximum absolute atomic E-state index is 13.9. The Kier molecular flexibility index (Phi) is 9.30. The number of fused-ring (bicyclic) bond motifs is 5. The minimum Gasteiger partial charge on any atom is -0.394 e. The summed E-state index contributed by atoms with van der Waals surface area (Å²) >= 11 is 0. The lowest BCUT2D eigenvalue weighted by Crippen LogP contribution is -2.63. The van der Waals surface area contributed by atoms with Crippen LogP contribution in [0.2, 0.25) is 0 Å². The van der Waals surface area contributed by atoms with Gasteiger partial charge in [-0.1, -0.05) is 20.8 Å². The zero-order chi connectivity index (χ0) is 32.6. The summed E-state index contributed by atoms with van der Waals surface area (Å²) < 4.78 is 11.4. The lowest BCUT2D eigenvalue weighted by molar-refractivity contribution is -0.322. The monoisotopic (exact) mass is 626 g/mol. The molecule has 4 aliphatic carbocycles. The molecule has 5 rings (SSSR count). The van der Waals surface area contributed by atoms with Crippen molar-refractivity contribution in [2.45, 2.75) is 146 Å². The lowest BCUT2D eigenvalue weighted by Gasteiger charge is -2.60. The van der Waals surface area contributed by atoms with Crippen molar-refractivity contribution in [3.63, 3.8) is 0 Å². The number of rotatable bonds is 8. The molecular weight excluding hydrogens is 572 g/mol. The van der Waals surface area contributed by atoms with Crippen molar-refractivity contribution in [1.29, 1.82) is 0 Å². The molecule has 0 aromatic carbocycles. The number of ether oxygens (including phenoxy) is 2. The Morgan fingerprint density at radius 3 is 2.39 bits per heavy atom. The van der Waals surface area contributed by atoms with Crippen LogP contribution in [0.3, 0.4) is 0 Å². The fraction of sp³-hybridized carbons (Fsp3) is 0.909. The Balaban J connectivity index is 1.35. The molecule has 1 saturated heterocycles. The highest BCUT2D eigenvalue weighted by Crippen LogP contribution is 2.68. The second kappa shape index (κ2) is 11.9. The van der Waals surface area contributed by atoms with E-state index >= 15 is 0 Å². The van der Waals surface area contributed by atoms with E-state index in [-0.39, 0.29) is 36.4 Å². The highest BCUT2D eigenvalue weighted by Gasteiger charge is 2.67. The highest BCUT2D eigenvalue weighted by atomic mass is 16.7. The van der Waals surface area contributed by atoms with Crippen molar-refractivity contribution >= 4 is 5.78 Å². The van der Waals surface area contributed by atoms with Gasteiger partial charge < -0.3 is 50.3 Å². The van der Waals surface area contributed by atoms with E-state index < -0.39 is 83.6 Å². The third-order valence-corrected chi connectivity index (χ3v) is 12.6. The van der Waals surface area contributed by atoms with Gasteiger partial charge in [-0.05, 0) is 100 Å². The highest BCUT2D eigenvalue weighted by molar-refractivity contribution is 5.95. The molecule has 0 aromatic heterocycles. The summed E-state index contributed by atoms with van der Waals surface area (Å²) in [5.74, 6) is -0.872. The molecule has 44 heavy (non-hydrogen) atoms. The molecule has 0 radical (unpaired) electrons. The van der Waals surface area contributed by atoms with Crippen LogP contribution in [0, 0.1) is 34.5 Å². The maximum Gasteiger partial charge on any atom is 0.187 e. The van der Waals surface area contributed by atoms with Gasteiger partial charge in [0, 0.05) is 11.3 Å². The van der Waals surface area contributed by atoms with Gasteiger partial charge in [-0.3, -0.25) is 4.79 Å². The molecule has 0 unspecified atom stereocenters. The fourth-order valence-corrected chi connectivity index (χ4v) is 9.77. The van der Waals surface area contributed by atoms with Crippen molar-refractivity contribution in [3.8, 4) is 0 Å². The number of aliphatic hydroxyl groups excluding tert-OH is 6. The van der Waals surface area contributed by atoms with Gasteiger partial charge in [0.2, 0.25) is 0 Å². The first-order valence-electron chi connectivity index (χ1n) is 16.4. The van der Waals surface area contributed by atoms with Gasteiger partial charge in [0.1, 0.15) is 24.4 Å². The summed E-state index contributed by atoms with van der Waals surface area (Å²) in [6, 6.07) is 0. The topological polar surface area (TPSA) is 197 Å². The van der Waals surface area contributed by atoms with Gasteiger partial charge in [-0.15, -0.1) is 0 Å². The van der Waals surface area contributed by atoms with Crippen LogP contribution in [0.1, 0.15) is 86.0 Å². The predicted molar refractivity (Wildman–Crippen MR) is 158 cm³/mol. The van der Waals surface area contributed by atoms with E-state index in [4.69, 9.17) is 9.47 Å². The summed E-state index contributed by atoms with van der Waals surface area (Å²) in [7, 11) is 0. The van der Waals surface area contributed by atoms with E-state index in [2.05, 4.69) is 6.92 Å². The summed E-state index contributed by atoms with van der Waals surface area (Å²) in [5, 5.41) is 85.3. The minimum atomic E-state index is -1.61. The van der Waals surface area contributed by atoms with Crippen LogP contribution >= 0.6 is 0 Å². The molecule has 15 atom stereocenters. The molecule has 0 aromatic rings. The Morgan fingerprint density at radius 2 is 1.75 bits per heavy atom. The second-order valence-corrected chi connectivity index (χ2v) is 15.7. The molecule has 0 amide bonds. The van der Waals surface area contributed by atoms with Crippen LogP contribution in [0.15, 0.2) is 11.6 Å². The summed E-state index contributed by atoms with van der Waals surface area (Å²) in [6.45, 7) is 8.96. The Hall–Kier alpha value is -0.990. The van der Waals surface area contributed by atoms with Gasteiger partial charge in [0.15, 0.2) is 12.1 Å². The van der Waals surface area contributed by atoms with E-state index in [1.54, 1.807) is 19.9 Å². The quantitative estimate of drug-likeness (QED) is 0.187.